The van der Waals surface area contributed by atoms with E-state index in [0.29, 0.717) is 30.2 Å². The van der Waals surface area contributed by atoms with E-state index in [1.165, 1.54) is 4.31 Å². The molecule has 3 rings (SSSR count). The summed E-state index contributed by atoms with van der Waals surface area (Å²) in [5.74, 6) is -0.455. The average Bonchev–Trinajstić information content (AvgIpc) is 2.65. The van der Waals surface area contributed by atoms with Crippen molar-refractivity contribution in [3.63, 3.8) is 0 Å². The molecule has 138 valence electrons. The van der Waals surface area contributed by atoms with Crippen LogP contribution < -0.4 is 4.74 Å². The van der Waals surface area contributed by atoms with Gasteiger partial charge in [0.2, 0.25) is 10.0 Å². The van der Waals surface area contributed by atoms with Crippen LogP contribution >= 0.6 is 11.6 Å². The summed E-state index contributed by atoms with van der Waals surface area (Å²) >= 11 is 5.92. The minimum atomic E-state index is -3.61. The molecule has 1 unspecified atom stereocenters. The van der Waals surface area contributed by atoms with Crippen LogP contribution in [-0.2, 0) is 14.8 Å². The normalized spacial score (nSPS) is 18.5. The quantitative estimate of drug-likeness (QED) is 0.587. The first-order valence-corrected chi connectivity index (χ1v) is 10.2. The Hall–Kier alpha value is -1.89. The molecular weight excluding hydrogens is 374 g/mol. The predicted octanol–water partition coefficient (Wildman–Crippen LogP) is 3.65. The maximum absolute atomic E-state index is 12.8. The summed E-state index contributed by atoms with van der Waals surface area (Å²) in [7, 11) is -3.61. The molecule has 0 radical (unpaired) electrons. The Morgan fingerprint density at radius 3 is 2.62 bits per heavy atom. The van der Waals surface area contributed by atoms with Gasteiger partial charge in [-0.25, -0.2) is 8.42 Å². The number of aryl methyl sites for hydroxylation is 1. The van der Waals surface area contributed by atoms with Crippen LogP contribution in [0.5, 0.6) is 5.75 Å². The van der Waals surface area contributed by atoms with E-state index >= 15 is 0 Å². The van der Waals surface area contributed by atoms with Gasteiger partial charge in [-0.3, -0.25) is 4.79 Å². The van der Waals surface area contributed by atoms with Gasteiger partial charge in [-0.15, -0.1) is 0 Å². The van der Waals surface area contributed by atoms with Crippen LogP contribution in [-0.4, -0.2) is 31.8 Å². The molecule has 0 spiro atoms. The third kappa shape index (κ3) is 4.09. The Morgan fingerprint density at radius 2 is 1.92 bits per heavy atom. The van der Waals surface area contributed by atoms with E-state index in [4.69, 9.17) is 16.3 Å². The number of sulfonamides is 1. The predicted molar refractivity (Wildman–Crippen MR) is 99.7 cm³/mol. The van der Waals surface area contributed by atoms with Gasteiger partial charge < -0.3 is 4.74 Å². The lowest BCUT2D eigenvalue weighted by Gasteiger charge is -2.30. The zero-order valence-electron chi connectivity index (χ0n) is 14.4. The maximum atomic E-state index is 12.8. The number of rotatable bonds is 4. The van der Waals surface area contributed by atoms with Crippen molar-refractivity contribution in [1.82, 2.24) is 4.31 Å². The summed E-state index contributed by atoms with van der Waals surface area (Å²) in [6, 6.07) is 13.3. The second-order valence-corrected chi connectivity index (χ2v) is 8.72. The SMILES string of the molecule is Cc1cc(Cl)ccc1OC(=O)C1CCCN(S(=O)(=O)c2ccccc2)C1. The lowest BCUT2D eigenvalue weighted by Crippen LogP contribution is -2.43. The molecule has 26 heavy (non-hydrogen) atoms. The third-order valence-electron chi connectivity index (χ3n) is 4.45. The number of carbonyl (C=O) groups is 1. The van der Waals surface area contributed by atoms with E-state index in [9.17, 15) is 13.2 Å². The van der Waals surface area contributed by atoms with Crippen LogP contribution in [0.15, 0.2) is 53.4 Å². The van der Waals surface area contributed by atoms with Crippen molar-refractivity contribution in [2.24, 2.45) is 5.92 Å². The highest BCUT2D eigenvalue weighted by atomic mass is 35.5. The van der Waals surface area contributed by atoms with Gasteiger partial charge in [-0.2, -0.15) is 4.31 Å². The van der Waals surface area contributed by atoms with Crippen molar-refractivity contribution in [2.45, 2.75) is 24.7 Å². The van der Waals surface area contributed by atoms with E-state index in [1.54, 1.807) is 48.5 Å². The minimum Gasteiger partial charge on any atom is -0.426 e. The highest BCUT2D eigenvalue weighted by Crippen LogP contribution is 2.27. The number of nitrogens with zero attached hydrogens (tertiary/aromatic N) is 1. The van der Waals surface area contributed by atoms with E-state index in [1.807, 2.05) is 6.92 Å². The van der Waals surface area contributed by atoms with Crippen LogP contribution in [0.4, 0.5) is 0 Å². The highest BCUT2D eigenvalue weighted by molar-refractivity contribution is 7.89. The molecule has 0 N–H and O–H groups in total. The minimum absolute atomic E-state index is 0.128. The second-order valence-electron chi connectivity index (χ2n) is 6.35. The topological polar surface area (TPSA) is 63.7 Å². The molecule has 0 amide bonds. The molecule has 1 atom stereocenters. The molecule has 7 heteroatoms. The lowest BCUT2D eigenvalue weighted by atomic mass is 10.00. The van der Waals surface area contributed by atoms with E-state index in [0.717, 1.165) is 5.56 Å². The maximum Gasteiger partial charge on any atom is 0.315 e. The number of esters is 1. The number of piperidine rings is 1. The van der Waals surface area contributed by atoms with Gasteiger partial charge >= 0.3 is 5.97 Å². The number of hydrogen-bond donors (Lipinski definition) is 0. The Balaban J connectivity index is 1.73. The van der Waals surface area contributed by atoms with Crippen LogP contribution in [0.3, 0.4) is 0 Å². The van der Waals surface area contributed by atoms with Gasteiger partial charge in [-0.05, 0) is 55.7 Å². The summed E-state index contributed by atoms with van der Waals surface area (Å²) < 4.78 is 32.4. The molecule has 1 heterocycles. The van der Waals surface area contributed by atoms with Gasteiger partial charge in [0.15, 0.2) is 0 Å². The summed E-state index contributed by atoms with van der Waals surface area (Å²) in [6.07, 6.45) is 1.22. The first-order chi connectivity index (χ1) is 12.4. The smallest absolute Gasteiger partial charge is 0.315 e. The molecule has 1 aliphatic heterocycles. The first-order valence-electron chi connectivity index (χ1n) is 8.41. The Kier molecular flexibility index (Phi) is 5.65. The summed E-state index contributed by atoms with van der Waals surface area (Å²) in [5, 5.41) is 0.570. The fourth-order valence-corrected chi connectivity index (χ4v) is 4.79. The van der Waals surface area contributed by atoms with Crippen molar-refractivity contribution in [3.8, 4) is 5.75 Å². The van der Waals surface area contributed by atoms with Crippen molar-refractivity contribution in [3.05, 3.63) is 59.1 Å². The van der Waals surface area contributed by atoms with Gasteiger partial charge in [-0.1, -0.05) is 29.8 Å². The van der Waals surface area contributed by atoms with Crippen molar-refractivity contribution < 1.29 is 17.9 Å². The molecule has 1 saturated heterocycles. The molecular formula is C19H20ClNO4S. The van der Waals surface area contributed by atoms with Gasteiger partial charge in [0, 0.05) is 18.1 Å². The third-order valence-corrected chi connectivity index (χ3v) is 6.56. The number of carbonyl (C=O) groups excluding carboxylic acids is 1. The van der Waals surface area contributed by atoms with Crippen LogP contribution in [0.25, 0.3) is 0 Å². The molecule has 0 saturated carbocycles. The summed E-state index contributed by atoms with van der Waals surface area (Å²) in [4.78, 5) is 12.8. The van der Waals surface area contributed by atoms with Gasteiger partial charge in [0.1, 0.15) is 5.75 Å². The molecule has 1 fully saturated rings. The van der Waals surface area contributed by atoms with Crippen molar-refractivity contribution in [1.29, 1.82) is 0 Å². The molecule has 5 nitrogen and oxygen atoms in total. The van der Waals surface area contributed by atoms with Gasteiger partial charge in [0.25, 0.3) is 0 Å². The number of hydrogen-bond acceptors (Lipinski definition) is 4. The van der Waals surface area contributed by atoms with E-state index < -0.39 is 21.9 Å². The zero-order chi connectivity index (χ0) is 18.7. The fourth-order valence-electron chi connectivity index (χ4n) is 3.01. The highest BCUT2D eigenvalue weighted by Gasteiger charge is 2.34. The Bertz CT molecular complexity index is 899. The van der Waals surface area contributed by atoms with Crippen LogP contribution in [0, 0.1) is 12.8 Å². The van der Waals surface area contributed by atoms with Crippen LogP contribution in [0.2, 0.25) is 5.02 Å². The van der Waals surface area contributed by atoms with E-state index in [2.05, 4.69) is 0 Å². The fraction of sp³-hybridized carbons (Fsp3) is 0.316. The van der Waals surface area contributed by atoms with E-state index in [-0.39, 0.29) is 11.4 Å². The molecule has 0 bridgehead atoms. The van der Waals surface area contributed by atoms with Crippen LogP contribution in [0.1, 0.15) is 18.4 Å². The number of ether oxygens (including phenoxy) is 1. The molecule has 1 aliphatic rings. The summed E-state index contributed by atoms with van der Waals surface area (Å²) in [5.41, 5.74) is 0.760. The molecule has 0 aliphatic carbocycles. The lowest BCUT2D eigenvalue weighted by molar-refractivity contribution is -0.140. The Morgan fingerprint density at radius 1 is 1.19 bits per heavy atom. The molecule has 2 aromatic carbocycles. The van der Waals surface area contributed by atoms with Crippen molar-refractivity contribution >= 4 is 27.6 Å². The zero-order valence-corrected chi connectivity index (χ0v) is 16.0. The Labute approximate surface area is 158 Å². The first kappa shape index (κ1) is 18.9. The number of halogens is 1. The van der Waals surface area contributed by atoms with Gasteiger partial charge in [0.05, 0.1) is 10.8 Å². The average molecular weight is 394 g/mol. The second kappa shape index (κ2) is 7.78. The monoisotopic (exact) mass is 393 g/mol. The van der Waals surface area contributed by atoms with Crippen molar-refractivity contribution in [2.75, 3.05) is 13.1 Å². The summed E-state index contributed by atoms with van der Waals surface area (Å²) in [6.45, 7) is 2.34. The largest absolute Gasteiger partial charge is 0.426 e. The standard InChI is InChI=1S/C19H20ClNO4S/c1-14-12-16(20)9-10-18(14)25-19(22)15-6-5-11-21(13-15)26(23,24)17-7-3-2-4-8-17/h2-4,7-10,12,15H,5-6,11,13H2,1H3. The molecule has 2 aromatic rings. The molecule has 0 aromatic heterocycles. The number of benzene rings is 2.